The Labute approximate surface area is 159 Å². The van der Waals surface area contributed by atoms with E-state index in [0.29, 0.717) is 23.3 Å². The number of amides is 1. The predicted octanol–water partition coefficient (Wildman–Crippen LogP) is 4.07. The van der Waals surface area contributed by atoms with Gasteiger partial charge in [-0.15, -0.1) is 11.3 Å². The van der Waals surface area contributed by atoms with Crippen LogP contribution in [0.3, 0.4) is 0 Å². The number of carbonyl (C=O) groups is 1. The first-order valence-electron chi connectivity index (χ1n) is 8.46. The summed E-state index contributed by atoms with van der Waals surface area (Å²) in [5, 5.41) is 9.24. The van der Waals surface area contributed by atoms with Gasteiger partial charge < -0.3 is 14.8 Å². The van der Waals surface area contributed by atoms with Crippen molar-refractivity contribution >= 4 is 22.4 Å². The molecule has 4 rings (SSSR count). The summed E-state index contributed by atoms with van der Waals surface area (Å²) >= 11 is 1.39. The maximum Gasteiger partial charge on any atom is 0.227 e. The van der Waals surface area contributed by atoms with Gasteiger partial charge in [-0.3, -0.25) is 4.79 Å². The average Bonchev–Trinajstić information content (AvgIpc) is 3.42. The Morgan fingerprint density at radius 1 is 1.22 bits per heavy atom. The van der Waals surface area contributed by atoms with E-state index in [1.807, 2.05) is 54.9 Å². The highest BCUT2D eigenvalue weighted by atomic mass is 32.1. The number of hydrogen-bond donors (Lipinski definition) is 2. The van der Waals surface area contributed by atoms with Crippen molar-refractivity contribution in [3.05, 3.63) is 59.4 Å². The fourth-order valence-electron chi connectivity index (χ4n) is 2.52. The maximum atomic E-state index is 12.2. The first-order valence-corrected chi connectivity index (χ1v) is 9.34. The van der Waals surface area contributed by atoms with Gasteiger partial charge in [0, 0.05) is 30.0 Å². The van der Waals surface area contributed by atoms with E-state index < -0.39 is 0 Å². The number of thiazole rings is 1. The van der Waals surface area contributed by atoms with Crippen molar-refractivity contribution in [1.29, 1.82) is 0 Å². The van der Waals surface area contributed by atoms with Crippen LogP contribution in [0.1, 0.15) is 17.9 Å². The normalized spacial score (nSPS) is 10.9. The lowest BCUT2D eigenvalue weighted by Crippen LogP contribution is -2.12. The molecule has 0 aliphatic carbocycles. The second kappa shape index (κ2) is 7.55. The van der Waals surface area contributed by atoms with E-state index >= 15 is 0 Å². The number of carbonyl (C=O) groups excluding carboxylic acids is 1. The molecule has 136 valence electrons. The zero-order valence-corrected chi connectivity index (χ0v) is 15.4. The molecule has 0 atom stereocenters. The Morgan fingerprint density at radius 3 is 2.85 bits per heavy atom. The monoisotopic (exact) mass is 379 g/mol. The third-order valence-electron chi connectivity index (χ3n) is 3.97. The highest BCUT2D eigenvalue weighted by molar-refractivity contribution is 7.14. The van der Waals surface area contributed by atoms with Crippen LogP contribution in [0, 0.1) is 6.92 Å². The van der Waals surface area contributed by atoms with Crippen molar-refractivity contribution in [3.63, 3.8) is 0 Å². The molecular formula is C19H17N5O2S. The molecule has 8 heteroatoms. The Balaban J connectivity index is 1.32. The minimum absolute atomic E-state index is 0.141. The average molecular weight is 379 g/mol. The summed E-state index contributed by atoms with van der Waals surface area (Å²) in [7, 11) is 0. The number of H-pyrrole nitrogens is 1. The molecule has 0 saturated heterocycles. The second-order valence-corrected chi connectivity index (χ2v) is 6.91. The molecular weight excluding hydrogens is 362 g/mol. The Hall–Kier alpha value is -3.26. The summed E-state index contributed by atoms with van der Waals surface area (Å²) in [6.07, 6.45) is 2.45. The van der Waals surface area contributed by atoms with Gasteiger partial charge in [0.2, 0.25) is 17.6 Å². The van der Waals surface area contributed by atoms with Gasteiger partial charge in [-0.05, 0) is 19.1 Å². The summed E-state index contributed by atoms with van der Waals surface area (Å²) in [5.41, 5.74) is 3.78. The fourth-order valence-corrected chi connectivity index (χ4v) is 3.25. The van der Waals surface area contributed by atoms with Crippen LogP contribution in [0.5, 0.6) is 0 Å². The lowest BCUT2D eigenvalue weighted by atomic mass is 10.1. The topological polar surface area (TPSA) is 96.7 Å². The molecule has 2 N–H and O–H groups in total. The van der Waals surface area contributed by atoms with Crippen LogP contribution in [-0.4, -0.2) is 26.0 Å². The number of anilines is 1. The number of rotatable bonds is 6. The molecule has 0 spiro atoms. The minimum Gasteiger partial charge on any atom is -0.360 e. The number of aromatic amines is 1. The van der Waals surface area contributed by atoms with E-state index in [1.165, 1.54) is 16.9 Å². The second-order valence-electron chi connectivity index (χ2n) is 6.05. The first kappa shape index (κ1) is 17.2. The summed E-state index contributed by atoms with van der Waals surface area (Å²) < 4.78 is 5.24. The molecule has 1 aromatic carbocycles. The zero-order valence-electron chi connectivity index (χ0n) is 14.6. The van der Waals surface area contributed by atoms with E-state index in [-0.39, 0.29) is 12.3 Å². The summed E-state index contributed by atoms with van der Waals surface area (Å²) in [4.78, 5) is 24.0. The van der Waals surface area contributed by atoms with Gasteiger partial charge in [0.15, 0.2) is 5.13 Å². The molecule has 0 aliphatic heterocycles. The largest absolute Gasteiger partial charge is 0.360 e. The molecule has 0 unspecified atom stereocenters. The molecule has 0 saturated carbocycles. The van der Waals surface area contributed by atoms with Crippen LogP contribution in [0.2, 0.25) is 0 Å². The number of aryl methyl sites for hydroxylation is 2. The van der Waals surface area contributed by atoms with E-state index in [9.17, 15) is 4.79 Å². The summed E-state index contributed by atoms with van der Waals surface area (Å²) in [6, 6.07) is 11.7. The van der Waals surface area contributed by atoms with E-state index in [0.717, 1.165) is 17.0 Å². The third kappa shape index (κ3) is 4.12. The van der Waals surface area contributed by atoms with Crippen LogP contribution < -0.4 is 5.32 Å². The van der Waals surface area contributed by atoms with Crippen LogP contribution >= 0.6 is 11.3 Å². The SMILES string of the molecule is Cc1ccc(-c2noc(CCC(=O)Nc3nc(-c4ccc[nH]4)cs3)n2)cc1. The Bertz CT molecular complexity index is 1030. The van der Waals surface area contributed by atoms with Crippen LogP contribution in [0.15, 0.2) is 52.5 Å². The van der Waals surface area contributed by atoms with Crippen molar-refractivity contribution in [2.75, 3.05) is 5.32 Å². The fraction of sp³-hybridized carbons (Fsp3) is 0.158. The zero-order chi connectivity index (χ0) is 18.6. The molecule has 7 nitrogen and oxygen atoms in total. The van der Waals surface area contributed by atoms with Gasteiger partial charge >= 0.3 is 0 Å². The number of hydrogen-bond acceptors (Lipinski definition) is 6. The van der Waals surface area contributed by atoms with Gasteiger partial charge in [-0.25, -0.2) is 4.98 Å². The lowest BCUT2D eigenvalue weighted by molar-refractivity contribution is -0.116. The summed E-state index contributed by atoms with van der Waals surface area (Å²) in [6.45, 7) is 2.02. The van der Waals surface area contributed by atoms with Crippen molar-refractivity contribution in [3.8, 4) is 22.8 Å². The van der Waals surface area contributed by atoms with Crippen LogP contribution in [0.25, 0.3) is 22.8 Å². The summed E-state index contributed by atoms with van der Waals surface area (Å²) in [5.74, 6) is 0.824. The minimum atomic E-state index is -0.141. The van der Waals surface area contributed by atoms with Crippen molar-refractivity contribution < 1.29 is 9.32 Å². The van der Waals surface area contributed by atoms with Crippen molar-refractivity contribution in [2.45, 2.75) is 19.8 Å². The Kier molecular flexibility index (Phi) is 4.80. The molecule has 27 heavy (non-hydrogen) atoms. The van der Waals surface area contributed by atoms with Gasteiger partial charge in [0.25, 0.3) is 0 Å². The molecule has 0 aliphatic rings. The molecule has 3 heterocycles. The molecule has 4 aromatic rings. The van der Waals surface area contributed by atoms with Gasteiger partial charge in [0.05, 0.1) is 11.4 Å². The molecule has 0 bridgehead atoms. The molecule has 3 aromatic heterocycles. The number of nitrogens with zero attached hydrogens (tertiary/aromatic N) is 3. The smallest absolute Gasteiger partial charge is 0.227 e. The van der Waals surface area contributed by atoms with Crippen LogP contribution in [0.4, 0.5) is 5.13 Å². The highest BCUT2D eigenvalue weighted by Crippen LogP contribution is 2.23. The Morgan fingerprint density at radius 2 is 2.07 bits per heavy atom. The predicted molar refractivity (Wildman–Crippen MR) is 103 cm³/mol. The quantitative estimate of drug-likeness (QED) is 0.526. The van der Waals surface area contributed by atoms with Gasteiger partial charge in [0.1, 0.15) is 0 Å². The van der Waals surface area contributed by atoms with Crippen molar-refractivity contribution in [1.82, 2.24) is 20.1 Å². The van der Waals surface area contributed by atoms with Gasteiger partial charge in [-0.2, -0.15) is 4.98 Å². The highest BCUT2D eigenvalue weighted by Gasteiger charge is 2.12. The number of nitrogens with one attached hydrogen (secondary N) is 2. The molecule has 0 fully saturated rings. The van der Waals surface area contributed by atoms with Gasteiger partial charge in [-0.1, -0.05) is 35.0 Å². The number of benzene rings is 1. The maximum absolute atomic E-state index is 12.2. The van der Waals surface area contributed by atoms with Crippen molar-refractivity contribution in [2.24, 2.45) is 0 Å². The van der Waals surface area contributed by atoms with E-state index in [4.69, 9.17) is 4.52 Å². The van der Waals surface area contributed by atoms with Crippen LogP contribution in [-0.2, 0) is 11.2 Å². The molecule has 0 radical (unpaired) electrons. The van der Waals surface area contributed by atoms with E-state index in [2.05, 4.69) is 25.4 Å². The standard InChI is InChI=1S/C19H17N5O2S/c1-12-4-6-13(7-5-12)18-23-17(26-24-18)9-8-16(25)22-19-21-15(11-27-19)14-3-2-10-20-14/h2-7,10-11,20H,8-9H2,1H3,(H,21,22,25). The third-order valence-corrected chi connectivity index (χ3v) is 4.73. The molecule has 1 amide bonds. The van der Waals surface area contributed by atoms with E-state index in [1.54, 1.807) is 0 Å². The first-order chi connectivity index (χ1) is 13.2. The number of aromatic nitrogens is 4. The lowest BCUT2D eigenvalue weighted by Gasteiger charge is -1.99.